The van der Waals surface area contributed by atoms with Crippen molar-refractivity contribution in [2.75, 3.05) is 0 Å². The number of aromatic carboxylic acids is 1. The second kappa shape index (κ2) is 6.65. The molecule has 0 amide bonds. The van der Waals surface area contributed by atoms with Crippen molar-refractivity contribution in [3.05, 3.63) is 82.3 Å². The van der Waals surface area contributed by atoms with Crippen molar-refractivity contribution in [1.82, 2.24) is 14.5 Å². The number of halogens is 2. The summed E-state index contributed by atoms with van der Waals surface area (Å²) in [6.07, 6.45) is 0. The second-order valence-corrected chi connectivity index (χ2v) is 7.40. The number of hydrogen-bond donors (Lipinski definition) is 2. The highest BCUT2D eigenvalue weighted by molar-refractivity contribution is 6.39. The van der Waals surface area contributed by atoms with Crippen LogP contribution >= 0.6 is 23.2 Å². The van der Waals surface area contributed by atoms with Gasteiger partial charge in [-0.15, -0.1) is 0 Å². The van der Waals surface area contributed by atoms with Crippen LogP contribution in [0.25, 0.3) is 39.1 Å². The van der Waals surface area contributed by atoms with Crippen LogP contribution in [0.4, 0.5) is 0 Å². The second-order valence-electron chi connectivity index (χ2n) is 6.59. The van der Waals surface area contributed by atoms with E-state index in [0.29, 0.717) is 21.4 Å². The van der Waals surface area contributed by atoms with Crippen molar-refractivity contribution >= 4 is 51.2 Å². The van der Waals surface area contributed by atoms with E-state index in [1.165, 1.54) is 0 Å². The van der Waals surface area contributed by atoms with E-state index < -0.39 is 5.97 Å². The molecule has 2 N–H and O–H groups in total. The number of carboxylic acids is 1. The van der Waals surface area contributed by atoms with Crippen LogP contribution in [0.2, 0.25) is 10.0 Å². The van der Waals surface area contributed by atoms with Gasteiger partial charge in [0.05, 0.1) is 21.2 Å². The van der Waals surface area contributed by atoms with Gasteiger partial charge in [0.2, 0.25) is 0 Å². The summed E-state index contributed by atoms with van der Waals surface area (Å²) in [5.74, 6) is -0.400. The Labute approximate surface area is 175 Å². The monoisotopic (exact) mass is 421 g/mol. The molecular weight excluding hydrogens is 409 g/mol. The lowest BCUT2D eigenvalue weighted by atomic mass is 10.2. The molecule has 0 aliphatic rings. The van der Waals surface area contributed by atoms with E-state index in [9.17, 15) is 9.90 Å². The zero-order valence-corrected chi connectivity index (χ0v) is 16.4. The number of aromatic amines is 1. The minimum absolute atomic E-state index is 0.207. The molecule has 2 heterocycles. The average molecular weight is 422 g/mol. The fourth-order valence-electron chi connectivity index (χ4n) is 3.53. The molecule has 5 rings (SSSR count). The number of nitrogens with one attached hydrogen (secondary N) is 1. The lowest BCUT2D eigenvalue weighted by Gasteiger charge is -2.12. The first-order valence-corrected chi connectivity index (χ1v) is 9.57. The zero-order valence-electron chi connectivity index (χ0n) is 14.9. The number of rotatable bonds is 3. The molecule has 29 heavy (non-hydrogen) atoms. The predicted octanol–water partition coefficient (Wildman–Crippen LogP) is 6.18. The fraction of sp³-hybridized carbons (Fsp3) is 0. The van der Waals surface area contributed by atoms with E-state index in [4.69, 9.17) is 28.2 Å². The van der Waals surface area contributed by atoms with E-state index in [1.807, 2.05) is 28.8 Å². The molecule has 0 aliphatic carbocycles. The van der Waals surface area contributed by atoms with E-state index in [-0.39, 0.29) is 5.56 Å². The van der Waals surface area contributed by atoms with Crippen molar-refractivity contribution in [2.45, 2.75) is 0 Å². The van der Waals surface area contributed by atoms with Gasteiger partial charge >= 0.3 is 5.97 Å². The van der Waals surface area contributed by atoms with Crippen molar-refractivity contribution < 1.29 is 9.90 Å². The molecular formula is C22H13Cl2N3O2. The quantitative estimate of drug-likeness (QED) is 0.365. The number of carbonyl (C=O) groups is 1. The van der Waals surface area contributed by atoms with Crippen LogP contribution in [0.5, 0.6) is 0 Å². The molecule has 0 radical (unpaired) electrons. The number of para-hydroxylation sites is 1. The molecule has 2 aromatic heterocycles. The Bertz CT molecular complexity index is 1380. The largest absolute Gasteiger partial charge is 0.478 e. The van der Waals surface area contributed by atoms with Crippen LogP contribution in [-0.2, 0) is 0 Å². The summed E-state index contributed by atoms with van der Waals surface area (Å²) in [7, 11) is 0. The normalized spacial score (nSPS) is 11.4. The molecule has 0 fully saturated rings. The SMILES string of the molecule is O=C(O)c1ccc(-n2c(-c3c(Cl)cccc3Cl)nc3c4ccccc4[nH]c32)cc1. The Morgan fingerprint density at radius 1 is 0.931 bits per heavy atom. The molecule has 0 bridgehead atoms. The van der Waals surface area contributed by atoms with Crippen LogP contribution in [0.3, 0.4) is 0 Å². The van der Waals surface area contributed by atoms with E-state index in [1.54, 1.807) is 42.5 Å². The number of benzene rings is 3. The standard InChI is InChI=1S/C22H13Cl2N3O2/c23-15-5-3-6-16(24)18(15)20-26-19-14-4-1-2-7-17(14)25-21(19)27(20)13-10-8-12(9-11-13)22(28)29/h1-11,25H,(H,28,29). The summed E-state index contributed by atoms with van der Waals surface area (Å²) < 4.78 is 1.91. The third kappa shape index (κ3) is 2.78. The topological polar surface area (TPSA) is 70.9 Å². The highest BCUT2D eigenvalue weighted by Gasteiger charge is 2.22. The first-order valence-electron chi connectivity index (χ1n) is 8.82. The van der Waals surface area contributed by atoms with Gasteiger partial charge in [-0.2, -0.15) is 0 Å². The summed E-state index contributed by atoms with van der Waals surface area (Å²) in [4.78, 5) is 19.5. The van der Waals surface area contributed by atoms with Gasteiger partial charge in [-0.1, -0.05) is 47.5 Å². The Morgan fingerprint density at radius 2 is 1.62 bits per heavy atom. The van der Waals surface area contributed by atoms with Crippen molar-refractivity contribution in [1.29, 1.82) is 0 Å². The van der Waals surface area contributed by atoms with Crippen LogP contribution < -0.4 is 0 Å². The van der Waals surface area contributed by atoms with Gasteiger partial charge in [0.1, 0.15) is 17.0 Å². The van der Waals surface area contributed by atoms with Gasteiger partial charge < -0.3 is 10.1 Å². The fourth-order valence-corrected chi connectivity index (χ4v) is 4.10. The van der Waals surface area contributed by atoms with Crippen LogP contribution in [-0.4, -0.2) is 25.6 Å². The number of hydrogen-bond acceptors (Lipinski definition) is 2. The number of H-pyrrole nitrogens is 1. The van der Waals surface area contributed by atoms with Crippen LogP contribution in [0.1, 0.15) is 10.4 Å². The number of nitrogens with zero attached hydrogens (tertiary/aromatic N) is 2. The first kappa shape index (κ1) is 17.8. The van der Waals surface area contributed by atoms with Gasteiger partial charge in [0.25, 0.3) is 0 Å². The predicted molar refractivity (Wildman–Crippen MR) is 115 cm³/mol. The highest BCUT2D eigenvalue weighted by Crippen LogP contribution is 2.38. The van der Waals surface area contributed by atoms with Gasteiger partial charge in [-0.25, -0.2) is 9.78 Å². The molecule has 7 heteroatoms. The smallest absolute Gasteiger partial charge is 0.335 e. The maximum Gasteiger partial charge on any atom is 0.335 e. The minimum atomic E-state index is -0.979. The van der Waals surface area contributed by atoms with Gasteiger partial charge in [0.15, 0.2) is 0 Å². The molecule has 0 atom stereocenters. The Morgan fingerprint density at radius 3 is 2.31 bits per heavy atom. The van der Waals surface area contributed by atoms with Gasteiger partial charge in [-0.05, 0) is 42.5 Å². The first-order chi connectivity index (χ1) is 14.0. The number of fused-ring (bicyclic) bond motifs is 3. The summed E-state index contributed by atoms with van der Waals surface area (Å²) >= 11 is 13.0. The molecule has 5 aromatic rings. The molecule has 142 valence electrons. The molecule has 0 spiro atoms. The molecule has 0 saturated heterocycles. The number of aromatic nitrogens is 3. The lowest BCUT2D eigenvalue weighted by molar-refractivity contribution is 0.0697. The lowest BCUT2D eigenvalue weighted by Crippen LogP contribution is -2.01. The van der Waals surface area contributed by atoms with E-state index >= 15 is 0 Å². The van der Waals surface area contributed by atoms with E-state index in [0.717, 1.165) is 27.8 Å². The Hall–Kier alpha value is -3.28. The zero-order chi connectivity index (χ0) is 20.1. The summed E-state index contributed by atoms with van der Waals surface area (Å²) in [5.41, 5.74) is 4.09. The molecule has 3 aromatic carbocycles. The molecule has 0 aliphatic heterocycles. The molecule has 0 saturated carbocycles. The highest BCUT2D eigenvalue weighted by atomic mass is 35.5. The summed E-state index contributed by atoms with van der Waals surface area (Å²) in [5, 5.41) is 11.2. The third-order valence-corrected chi connectivity index (χ3v) is 5.50. The summed E-state index contributed by atoms with van der Waals surface area (Å²) in [6, 6.07) is 19.8. The van der Waals surface area contributed by atoms with Crippen LogP contribution in [0, 0.1) is 0 Å². The third-order valence-electron chi connectivity index (χ3n) is 4.87. The van der Waals surface area contributed by atoms with Crippen molar-refractivity contribution in [3.63, 3.8) is 0 Å². The average Bonchev–Trinajstić information content (AvgIpc) is 3.24. The minimum Gasteiger partial charge on any atom is -0.478 e. The Balaban J connectivity index is 1.87. The van der Waals surface area contributed by atoms with Crippen LogP contribution in [0.15, 0.2) is 66.7 Å². The van der Waals surface area contributed by atoms with E-state index in [2.05, 4.69) is 4.98 Å². The number of carboxylic acid groups (broad SMARTS) is 1. The summed E-state index contributed by atoms with van der Waals surface area (Å²) in [6.45, 7) is 0. The van der Waals surface area contributed by atoms with Crippen molar-refractivity contribution in [2.24, 2.45) is 0 Å². The molecule has 0 unspecified atom stereocenters. The maximum atomic E-state index is 11.2. The maximum absolute atomic E-state index is 11.2. The Kier molecular flexibility index (Phi) is 4.08. The van der Waals surface area contributed by atoms with Gasteiger partial charge in [-0.3, -0.25) is 4.57 Å². The molecule has 5 nitrogen and oxygen atoms in total. The number of imidazole rings is 1. The van der Waals surface area contributed by atoms with Gasteiger partial charge in [0, 0.05) is 16.6 Å². The van der Waals surface area contributed by atoms with Crippen molar-refractivity contribution in [3.8, 4) is 17.1 Å².